The van der Waals surface area contributed by atoms with Crippen molar-refractivity contribution >= 4 is 5.91 Å². The summed E-state index contributed by atoms with van der Waals surface area (Å²) in [5, 5.41) is 12.5. The summed E-state index contributed by atoms with van der Waals surface area (Å²) < 4.78 is 25.8. The van der Waals surface area contributed by atoms with Gasteiger partial charge in [-0.3, -0.25) is 9.69 Å². The summed E-state index contributed by atoms with van der Waals surface area (Å²) in [4.78, 5) is 14.0. The van der Waals surface area contributed by atoms with Gasteiger partial charge in [-0.15, -0.1) is 0 Å². The fourth-order valence-corrected chi connectivity index (χ4v) is 2.72. The zero-order valence-electron chi connectivity index (χ0n) is 13.5. The van der Waals surface area contributed by atoms with Gasteiger partial charge < -0.3 is 10.4 Å². The van der Waals surface area contributed by atoms with E-state index in [9.17, 15) is 18.7 Å². The van der Waals surface area contributed by atoms with E-state index in [2.05, 4.69) is 10.2 Å². The number of aliphatic hydroxyl groups is 1. The topological polar surface area (TPSA) is 52.6 Å². The predicted molar refractivity (Wildman–Crippen MR) is 84.1 cm³/mol. The van der Waals surface area contributed by atoms with Crippen LogP contribution in [0.1, 0.15) is 25.8 Å². The van der Waals surface area contributed by atoms with Crippen LogP contribution in [0.3, 0.4) is 0 Å². The largest absolute Gasteiger partial charge is 0.392 e. The molecular formula is C17H24F2N2O2. The summed E-state index contributed by atoms with van der Waals surface area (Å²) >= 11 is 0. The van der Waals surface area contributed by atoms with Gasteiger partial charge in [0, 0.05) is 25.7 Å². The number of alkyl halides is 2. The summed E-state index contributed by atoms with van der Waals surface area (Å²) in [5.74, 6) is -0.659. The maximum atomic E-state index is 12.9. The molecule has 2 rings (SSSR count). The lowest BCUT2D eigenvalue weighted by molar-refractivity contribution is -0.137. The summed E-state index contributed by atoms with van der Waals surface area (Å²) in [7, 11) is 0. The van der Waals surface area contributed by atoms with Gasteiger partial charge in [-0.05, 0) is 25.8 Å². The number of nitrogens with zero attached hydrogens (tertiary/aromatic N) is 1. The molecule has 4 nitrogen and oxygen atoms in total. The Labute approximate surface area is 135 Å². The van der Waals surface area contributed by atoms with Crippen molar-refractivity contribution < 1.29 is 18.7 Å². The summed E-state index contributed by atoms with van der Waals surface area (Å²) in [6.45, 7) is 3.92. The zero-order chi connectivity index (χ0) is 17.0. The molecule has 1 saturated heterocycles. The molecule has 1 amide bonds. The SMILES string of the molecule is CC(C)(C(=O)NCC1CC(O)CN1Cc1ccccc1)C(F)F. The summed E-state index contributed by atoms with van der Waals surface area (Å²) in [6, 6.07) is 9.78. The number of nitrogens with one attached hydrogen (secondary N) is 1. The van der Waals surface area contributed by atoms with E-state index in [0.29, 0.717) is 19.5 Å². The van der Waals surface area contributed by atoms with Crippen LogP contribution in [-0.2, 0) is 11.3 Å². The van der Waals surface area contributed by atoms with Gasteiger partial charge in [-0.2, -0.15) is 0 Å². The smallest absolute Gasteiger partial charge is 0.252 e. The maximum Gasteiger partial charge on any atom is 0.252 e. The standard InChI is InChI=1S/C17H24F2N2O2/c1-17(2,15(18)19)16(23)20-9-13-8-14(22)11-21(13)10-12-6-4-3-5-7-12/h3-7,13-15,22H,8-11H2,1-2H3,(H,20,23). The Hall–Kier alpha value is -1.53. The highest BCUT2D eigenvalue weighted by Crippen LogP contribution is 2.25. The first-order valence-corrected chi connectivity index (χ1v) is 7.83. The average molecular weight is 326 g/mol. The number of halogens is 2. The van der Waals surface area contributed by atoms with E-state index in [1.54, 1.807) is 0 Å². The van der Waals surface area contributed by atoms with Crippen molar-refractivity contribution in [3.63, 3.8) is 0 Å². The summed E-state index contributed by atoms with van der Waals surface area (Å²) in [5.41, 5.74) is -0.590. The van der Waals surface area contributed by atoms with Gasteiger partial charge in [0.2, 0.25) is 5.91 Å². The molecule has 0 bridgehead atoms. The highest BCUT2D eigenvalue weighted by Gasteiger charge is 2.38. The molecule has 0 aromatic heterocycles. The second-order valence-electron chi connectivity index (χ2n) is 6.69. The Morgan fingerprint density at radius 3 is 2.65 bits per heavy atom. The third-order valence-electron chi connectivity index (χ3n) is 4.36. The molecule has 6 heteroatoms. The third kappa shape index (κ3) is 4.48. The van der Waals surface area contributed by atoms with Gasteiger partial charge in [0.15, 0.2) is 0 Å². The maximum absolute atomic E-state index is 12.9. The third-order valence-corrected chi connectivity index (χ3v) is 4.36. The molecule has 0 aliphatic carbocycles. The molecule has 1 aliphatic heterocycles. The molecule has 1 fully saturated rings. The Morgan fingerprint density at radius 1 is 1.39 bits per heavy atom. The lowest BCUT2D eigenvalue weighted by atomic mass is 9.93. The number of hydrogen-bond acceptors (Lipinski definition) is 3. The van der Waals surface area contributed by atoms with E-state index >= 15 is 0 Å². The van der Waals surface area contributed by atoms with Crippen LogP contribution < -0.4 is 5.32 Å². The summed E-state index contributed by atoms with van der Waals surface area (Å²) in [6.07, 6.45) is -2.64. The Morgan fingerprint density at radius 2 is 2.04 bits per heavy atom. The van der Waals surface area contributed by atoms with E-state index in [1.165, 1.54) is 13.8 Å². The molecule has 2 unspecified atom stereocenters. The first kappa shape index (κ1) is 17.8. The highest BCUT2D eigenvalue weighted by atomic mass is 19.3. The van der Waals surface area contributed by atoms with Crippen LogP contribution in [0.2, 0.25) is 0 Å². The zero-order valence-corrected chi connectivity index (χ0v) is 13.5. The van der Waals surface area contributed by atoms with Crippen LogP contribution in [0.4, 0.5) is 8.78 Å². The van der Waals surface area contributed by atoms with E-state index in [0.717, 1.165) is 5.56 Å². The van der Waals surface area contributed by atoms with Crippen molar-refractivity contribution in [3.8, 4) is 0 Å². The van der Waals surface area contributed by atoms with Crippen LogP contribution in [0, 0.1) is 5.41 Å². The molecule has 128 valence electrons. The second-order valence-corrected chi connectivity index (χ2v) is 6.69. The molecule has 0 spiro atoms. The van der Waals surface area contributed by atoms with Crippen molar-refractivity contribution in [1.29, 1.82) is 0 Å². The fourth-order valence-electron chi connectivity index (χ4n) is 2.72. The van der Waals surface area contributed by atoms with Gasteiger partial charge in [-0.25, -0.2) is 8.78 Å². The molecule has 2 N–H and O–H groups in total. The lowest BCUT2D eigenvalue weighted by Gasteiger charge is -2.27. The number of amides is 1. The van der Waals surface area contributed by atoms with Crippen LogP contribution in [0.5, 0.6) is 0 Å². The first-order valence-electron chi connectivity index (χ1n) is 7.83. The number of aliphatic hydroxyl groups excluding tert-OH is 1. The molecule has 1 heterocycles. The molecule has 0 radical (unpaired) electrons. The van der Waals surface area contributed by atoms with Crippen molar-refractivity contribution in [1.82, 2.24) is 10.2 Å². The van der Waals surface area contributed by atoms with Gasteiger partial charge >= 0.3 is 0 Å². The minimum atomic E-state index is -2.71. The molecule has 1 aliphatic rings. The number of β-amino-alcohol motifs (C(OH)–C–C–N with tert-alkyl or cyclic N) is 1. The number of rotatable bonds is 6. The van der Waals surface area contributed by atoms with Crippen molar-refractivity contribution in [2.75, 3.05) is 13.1 Å². The minimum absolute atomic E-state index is 0.0531. The quantitative estimate of drug-likeness (QED) is 0.841. The van der Waals surface area contributed by atoms with Crippen molar-refractivity contribution in [3.05, 3.63) is 35.9 Å². The number of carbonyl (C=O) groups excluding carboxylic acids is 1. The number of hydrogen-bond donors (Lipinski definition) is 2. The van der Waals surface area contributed by atoms with Crippen LogP contribution in [0.25, 0.3) is 0 Å². The van der Waals surface area contributed by atoms with E-state index in [4.69, 9.17) is 0 Å². The van der Waals surface area contributed by atoms with Gasteiger partial charge in [0.1, 0.15) is 5.41 Å². The second kappa shape index (κ2) is 7.36. The highest BCUT2D eigenvalue weighted by molar-refractivity contribution is 5.82. The molecule has 1 aromatic carbocycles. The Bertz CT molecular complexity index is 523. The molecule has 2 atom stereocenters. The monoisotopic (exact) mass is 326 g/mol. The van der Waals surface area contributed by atoms with E-state index in [1.807, 2.05) is 30.3 Å². The fraction of sp³-hybridized carbons (Fsp3) is 0.588. The first-order chi connectivity index (χ1) is 10.8. The van der Waals surface area contributed by atoms with Gasteiger partial charge in [0.25, 0.3) is 6.43 Å². The van der Waals surface area contributed by atoms with Gasteiger partial charge in [-0.1, -0.05) is 30.3 Å². The van der Waals surface area contributed by atoms with E-state index in [-0.39, 0.29) is 12.6 Å². The average Bonchev–Trinajstić information content (AvgIpc) is 2.85. The Balaban J connectivity index is 1.94. The number of benzene rings is 1. The molecule has 0 saturated carbocycles. The predicted octanol–water partition coefficient (Wildman–Crippen LogP) is 2.03. The molecule has 1 aromatic rings. The minimum Gasteiger partial charge on any atom is -0.392 e. The normalized spacial score (nSPS) is 22.5. The Kier molecular flexibility index (Phi) is 5.70. The molecule has 23 heavy (non-hydrogen) atoms. The van der Waals surface area contributed by atoms with Crippen molar-refractivity contribution in [2.45, 2.75) is 45.4 Å². The van der Waals surface area contributed by atoms with Crippen molar-refractivity contribution in [2.24, 2.45) is 5.41 Å². The van der Waals surface area contributed by atoms with Crippen LogP contribution in [0.15, 0.2) is 30.3 Å². The van der Waals surface area contributed by atoms with Gasteiger partial charge in [0.05, 0.1) is 6.10 Å². The van der Waals surface area contributed by atoms with Crippen LogP contribution in [-0.4, -0.2) is 47.6 Å². The van der Waals surface area contributed by atoms with E-state index < -0.39 is 23.9 Å². The lowest BCUT2D eigenvalue weighted by Crippen LogP contribution is -2.46. The van der Waals surface area contributed by atoms with Crippen LogP contribution >= 0.6 is 0 Å². The number of likely N-dealkylation sites (tertiary alicyclic amines) is 1. The molecular weight excluding hydrogens is 302 g/mol. The number of carbonyl (C=O) groups is 1.